The molecule has 1 saturated carbocycles. The largest absolute Gasteiger partial charge is 0.360 e. The van der Waals surface area contributed by atoms with Crippen LogP contribution >= 0.6 is 11.6 Å². The number of hydrogen-bond donors (Lipinski definition) is 0. The summed E-state index contributed by atoms with van der Waals surface area (Å²) >= 11 is 6.00. The number of benzene rings is 1. The summed E-state index contributed by atoms with van der Waals surface area (Å²) in [5.74, 6) is 0. The van der Waals surface area contributed by atoms with Gasteiger partial charge in [0.15, 0.2) is 0 Å². The van der Waals surface area contributed by atoms with E-state index in [1.54, 1.807) is 0 Å². The third-order valence-electron chi connectivity index (χ3n) is 5.68. The molecule has 4 rings (SSSR count). The minimum Gasteiger partial charge on any atom is -0.360 e. The Balaban J connectivity index is 1.63. The van der Waals surface area contributed by atoms with Crippen molar-refractivity contribution in [2.24, 2.45) is 5.41 Å². The van der Waals surface area contributed by atoms with E-state index in [4.69, 9.17) is 16.3 Å². The number of hydrogen-bond acceptors (Lipinski definition) is 2. The van der Waals surface area contributed by atoms with Gasteiger partial charge < -0.3 is 9.30 Å². The molecule has 2 unspecified atom stereocenters. The summed E-state index contributed by atoms with van der Waals surface area (Å²) in [7, 11) is 0. The molecule has 0 radical (unpaired) electrons. The van der Waals surface area contributed by atoms with Gasteiger partial charge in [-0.3, -0.25) is 0 Å². The Hall–Kier alpha value is -1.32. The Bertz CT molecular complexity index is 680. The SMILES string of the molecule is CC1(C)CCC2(Cc3ccc(Cl)cc3)OC12Cn1ccnc1. The van der Waals surface area contributed by atoms with Gasteiger partial charge in [0.1, 0.15) is 11.2 Å². The maximum absolute atomic E-state index is 6.47. The molecular formula is C18H21ClN2O. The van der Waals surface area contributed by atoms with E-state index < -0.39 is 0 Å². The van der Waals surface area contributed by atoms with E-state index in [9.17, 15) is 0 Å². The molecule has 0 bridgehead atoms. The van der Waals surface area contributed by atoms with Crippen molar-refractivity contribution in [3.8, 4) is 0 Å². The summed E-state index contributed by atoms with van der Waals surface area (Å²) in [4.78, 5) is 4.17. The third kappa shape index (κ3) is 1.95. The normalized spacial score (nSPS) is 32.0. The first-order chi connectivity index (χ1) is 10.5. The highest BCUT2D eigenvalue weighted by atomic mass is 35.5. The van der Waals surface area contributed by atoms with Gasteiger partial charge in [0.05, 0.1) is 12.9 Å². The second-order valence-electron chi connectivity index (χ2n) is 7.35. The Labute approximate surface area is 136 Å². The number of imidazole rings is 1. The highest BCUT2D eigenvalue weighted by Gasteiger charge is 2.79. The molecule has 2 fully saturated rings. The molecular weight excluding hydrogens is 296 g/mol. The molecule has 2 aliphatic rings. The van der Waals surface area contributed by atoms with E-state index in [2.05, 4.69) is 35.5 Å². The lowest BCUT2D eigenvalue weighted by atomic mass is 9.76. The number of halogens is 1. The van der Waals surface area contributed by atoms with Gasteiger partial charge in [-0.15, -0.1) is 0 Å². The monoisotopic (exact) mass is 316 g/mol. The lowest BCUT2D eigenvalue weighted by Gasteiger charge is -2.28. The fourth-order valence-electron chi connectivity index (χ4n) is 4.26. The zero-order valence-corrected chi connectivity index (χ0v) is 13.8. The number of fused-ring (bicyclic) bond motifs is 1. The first-order valence-electron chi connectivity index (χ1n) is 7.87. The van der Waals surface area contributed by atoms with Gasteiger partial charge in [0.25, 0.3) is 0 Å². The molecule has 0 amide bonds. The Morgan fingerprint density at radius 3 is 2.68 bits per heavy atom. The van der Waals surface area contributed by atoms with Gasteiger partial charge in [0, 0.05) is 23.8 Å². The molecule has 1 aromatic heterocycles. The smallest absolute Gasteiger partial charge is 0.121 e. The van der Waals surface area contributed by atoms with Gasteiger partial charge in [0.2, 0.25) is 0 Å². The van der Waals surface area contributed by atoms with Crippen molar-refractivity contribution in [1.29, 1.82) is 0 Å². The standard InChI is InChI=1S/C18H21ClN2O/c1-16(2)7-8-17(11-14-3-5-15(19)6-4-14)18(16,22-17)12-21-10-9-20-13-21/h3-6,9-10,13H,7-8,11-12H2,1-2H3. The highest BCUT2D eigenvalue weighted by Crippen LogP contribution is 2.69. The van der Waals surface area contributed by atoms with Gasteiger partial charge in [-0.25, -0.2) is 4.98 Å². The molecule has 22 heavy (non-hydrogen) atoms. The van der Waals surface area contributed by atoms with Crippen LogP contribution in [-0.4, -0.2) is 20.8 Å². The number of ether oxygens (including phenoxy) is 1. The highest BCUT2D eigenvalue weighted by molar-refractivity contribution is 6.30. The minimum absolute atomic E-state index is 0.0331. The van der Waals surface area contributed by atoms with Crippen LogP contribution in [0.3, 0.4) is 0 Å². The molecule has 1 aliphatic heterocycles. The van der Waals surface area contributed by atoms with Crippen molar-refractivity contribution in [2.75, 3.05) is 0 Å². The topological polar surface area (TPSA) is 30.4 Å². The first kappa shape index (κ1) is 14.3. The fraction of sp³-hybridized carbons (Fsp3) is 0.500. The second kappa shape index (κ2) is 4.59. The lowest BCUT2D eigenvalue weighted by Crippen LogP contribution is -2.38. The summed E-state index contributed by atoms with van der Waals surface area (Å²) in [6.45, 7) is 5.55. The van der Waals surface area contributed by atoms with Crippen LogP contribution in [0.1, 0.15) is 32.3 Å². The Morgan fingerprint density at radius 2 is 2.00 bits per heavy atom. The molecule has 2 aromatic rings. The lowest BCUT2D eigenvalue weighted by molar-refractivity contribution is 0.0951. The molecule has 116 valence electrons. The Kier molecular flexibility index (Phi) is 2.98. The van der Waals surface area contributed by atoms with Crippen LogP contribution in [0.5, 0.6) is 0 Å². The van der Waals surface area contributed by atoms with Crippen molar-refractivity contribution in [2.45, 2.75) is 50.9 Å². The summed E-state index contributed by atoms with van der Waals surface area (Å²) in [6.07, 6.45) is 9.03. The van der Waals surface area contributed by atoms with E-state index in [-0.39, 0.29) is 16.6 Å². The van der Waals surface area contributed by atoms with E-state index >= 15 is 0 Å². The van der Waals surface area contributed by atoms with Gasteiger partial charge in [-0.05, 0) is 36.0 Å². The van der Waals surface area contributed by atoms with Crippen molar-refractivity contribution in [1.82, 2.24) is 9.55 Å². The van der Waals surface area contributed by atoms with Gasteiger partial charge in [-0.2, -0.15) is 0 Å². The molecule has 0 spiro atoms. The van der Waals surface area contributed by atoms with Crippen LogP contribution in [0.15, 0.2) is 43.0 Å². The molecule has 3 nitrogen and oxygen atoms in total. The zero-order valence-electron chi connectivity index (χ0n) is 13.1. The predicted octanol–water partition coefficient (Wildman–Crippen LogP) is 4.11. The van der Waals surface area contributed by atoms with Crippen LogP contribution < -0.4 is 0 Å². The number of aromatic nitrogens is 2. The summed E-state index contributed by atoms with van der Waals surface area (Å²) in [5.41, 5.74) is 1.37. The maximum atomic E-state index is 6.47. The predicted molar refractivity (Wildman–Crippen MR) is 86.9 cm³/mol. The van der Waals surface area contributed by atoms with E-state index in [1.807, 2.05) is 30.9 Å². The van der Waals surface area contributed by atoms with Crippen LogP contribution in [0.25, 0.3) is 0 Å². The van der Waals surface area contributed by atoms with Crippen LogP contribution in [0.2, 0.25) is 5.02 Å². The van der Waals surface area contributed by atoms with Crippen molar-refractivity contribution < 1.29 is 4.74 Å². The third-order valence-corrected chi connectivity index (χ3v) is 5.93. The number of nitrogens with zero attached hydrogens (tertiary/aromatic N) is 2. The Morgan fingerprint density at radius 1 is 1.23 bits per heavy atom. The van der Waals surface area contributed by atoms with E-state index in [1.165, 1.54) is 12.0 Å². The van der Waals surface area contributed by atoms with E-state index in [0.29, 0.717) is 0 Å². The first-order valence-corrected chi connectivity index (χ1v) is 8.25. The molecule has 2 heterocycles. The van der Waals surface area contributed by atoms with Crippen LogP contribution in [0.4, 0.5) is 0 Å². The fourth-order valence-corrected chi connectivity index (χ4v) is 4.39. The minimum atomic E-state index is -0.0830. The maximum Gasteiger partial charge on any atom is 0.121 e. The average Bonchev–Trinajstić information content (AvgIpc) is 2.79. The second-order valence-corrected chi connectivity index (χ2v) is 7.78. The number of rotatable bonds is 4. The van der Waals surface area contributed by atoms with E-state index in [0.717, 1.165) is 24.4 Å². The van der Waals surface area contributed by atoms with Gasteiger partial charge >= 0.3 is 0 Å². The molecule has 4 heteroatoms. The van der Waals surface area contributed by atoms with Crippen LogP contribution in [-0.2, 0) is 17.7 Å². The molecule has 1 aromatic carbocycles. The average molecular weight is 317 g/mol. The van der Waals surface area contributed by atoms with Gasteiger partial charge in [-0.1, -0.05) is 37.6 Å². The molecule has 0 N–H and O–H groups in total. The van der Waals surface area contributed by atoms with Crippen molar-refractivity contribution >= 4 is 11.6 Å². The van der Waals surface area contributed by atoms with Crippen molar-refractivity contribution in [3.63, 3.8) is 0 Å². The summed E-state index contributed by atoms with van der Waals surface area (Å²) < 4.78 is 8.62. The molecule has 1 aliphatic carbocycles. The van der Waals surface area contributed by atoms with Crippen molar-refractivity contribution in [3.05, 3.63) is 53.6 Å². The molecule has 2 atom stereocenters. The summed E-state index contributed by atoms with van der Waals surface area (Å²) in [6, 6.07) is 8.17. The zero-order chi connectivity index (χ0) is 15.4. The molecule has 1 saturated heterocycles. The van der Waals surface area contributed by atoms with Crippen LogP contribution in [0, 0.1) is 5.41 Å². The summed E-state index contributed by atoms with van der Waals surface area (Å²) in [5, 5.41) is 0.786. The number of epoxide rings is 1. The quantitative estimate of drug-likeness (QED) is 0.795.